The van der Waals surface area contributed by atoms with Crippen LogP contribution in [0.2, 0.25) is 0 Å². The minimum Gasteiger partial charge on any atom is -0.208 e. The molecule has 0 spiro atoms. The van der Waals surface area contributed by atoms with E-state index >= 15 is 0 Å². The number of thiophene rings is 1. The summed E-state index contributed by atoms with van der Waals surface area (Å²) in [6.07, 6.45) is 6.99. The SMILES string of the molecule is CCCCC1(CCCC)c2ccccc2-c2c(-c3nc(-c4ccc(-c5cccc6c5sc5cc(C)ccc56)cc4)nc(-c4cccc(-c5ccccc5)c4)n3)cccc21. The molecule has 0 atom stereocenters. The van der Waals surface area contributed by atoms with Crippen molar-refractivity contribution < 1.29 is 0 Å². The van der Waals surface area contributed by atoms with Gasteiger partial charge in [0, 0.05) is 42.3 Å². The van der Waals surface area contributed by atoms with Crippen molar-refractivity contribution in [1.29, 1.82) is 0 Å². The molecule has 0 unspecified atom stereocenters. The van der Waals surface area contributed by atoms with Crippen LogP contribution < -0.4 is 0 Å². The number of rotatable bonds is 11. The first-order valence-corrected chi connectivity index (χ1v) is 22.0. The quantitative estimate of drug-likeness (QED) is 0.131. The van der Waals surface area contributed by atoms with Crippen LogP contribution in [0.25, 0.3) is 87.7 Å². The Kier molecular flexibility index (Phi) is 9.74. The van der Waals surface area contributed by atoms with Crippen LogP contribution in [0, 0.1) is 6.92 Å². The predicted molar refractivity (Wildman–Crippen MR) is 250 cm³/mol. The normalized spacial score (nSPS) is 12.9. The molecule has 10 rings (SSSR count). The van der Waals surface area contributed by atoms with Gasteiger partial charge in [-0.1, -0.05) is 185 Å². The van der Waals surface area contributed by atoms with Crippen LogP contribution in [-0.4, -0.2) is 15.0 Å². The van der Waals surface area contributed by atoms with Crippen LogP contribution in [0.3, 0.4) is 0 Å². The third kappa shape index (κ3) is 6.56. The van der Waals surface area contributed by atoms with Gasteiger partial charge in [-0.25, -0.2) is 15.0 Å². The number of aryl methyl sites for hydroxylation is 1. The van der Waals surface area contributed by atoms with Crippen LogP contribution >= 0.6 is 11.3 Å². The molecule has 4 heteroatoms. The average Bonchev–Trinajstić information content (AvgIpc) is 3.80. The van der Waals surface area contributed by atoms with E-state index in [4.69, 9.17) is 15.0 Å². The van der Waals surface area contributed by atoms with Crippen LogP contribution in [0.15, 0.2) is 158 Å². The fraction of sp³-hybridized carbons (Fsp3) is 0.182. The fourth-order valence-electron chi connectivity index (χ4n) is 9.47. The Hall–Kier alpha value is -6.23. The lowest BCUT2D eigenvalue weighted by molar-refractivity contribution is 0.414. The van der Waals surface area contributed by atoms with Gasteiger partial charge in [0.05, 0.1) is 0 Å². The van der Waals surface area contributed by atoms with E-state index in [9.17, 15) is 0 Å². The van der Waals surface area contributed by atoms with E-state index in [0.29, 0.717) is 17.5 Å². The van der Waals surface area contributed by atoms with Crippen molar-refractivity contribution >= 4 is 31.5 Å². The van der Waals surface area contributed by atoms with Gasteiger partial charge in [0.1, 0.15) is 0 Å². The predicted octanol–water partition coefficient (Wildman–Crippen LogP) is 15.5. The zero-order valence-electron chi connectivity index (χ0n) is 34.0. The number of hydrogen-bond donors (Lipinski definition) is 0. The Labute approximate surface area is 351 Å². The smallest absolute Gasteiger partial charge is 0.164 e. The maximum atomic E-state index is 5.37. The van der Waals surface area contributed by atoms with E-state index in [2.05, 4.69) is 178 Å². The molecule has 9 aromatic rings. The molecule has 0 saturated heterocycles. The minimum atomic E-state index is -0.0252. The second-order valence-corrected chi connectivity index (χ2v) is 17.2. The first kappa shape index (κ1) is 37.1. The summed E-state index contributed by atoms with van der Waals surface area (Å²) in [7, 11) is 0. The molecule has 0 saturated carbocycles. The molecular weight excluding hydrogens is 735 g/mol. The topological polar surface area (TPSA) is 38.7 Å². The van der Waals surface area contributed by atoms with Crippen molar-refractivity contribution in [3.05, 3.63) is 174 Å². The van der Waals surface area contributed by atoms with Gasteiger partial charge < -0.3 is 0 Å². The van der Waals surface area contributed by atoms with Crippen LogP contribution in [0.4, 0.5) is 0 Å². The van der Waals surface area contributed by atoms with Gasteiger partial charge in [-0.3, -0.25) is 0 Å². The summed E-state index contributed by atoms with van der Waals surface area (Å²) in [5.41, 5.74) is 14.4. The molecule has 7 aromatic carbocycles. The highest BCUT2D eigenvalue weighted by Gasteiger charge is 2.43. The van der Waals surface area contributed by atoms with Crippen molar-refractivity contribution in [3.63, 3.8) is 0 Å². The van der Waals surface area contributed by atoms with Gasteiger partial charge in [-0.05, 0) is 82.0 Å². The summed E-state index contributed by atoms with van der Waals surface area (Å²) in [4.78, 5) is 16.0. The Morgan fingerprint density at radius 1 is 0.458 bits per heavy atom. The molecule has 2 aromatic heterocycles. The van der Waals surface area contributed by atoms with Crippen molar-refractivity contribution in [2.75, 3.05) is 0 Å². The minimum absolute atomic E-state index is 0.0252. The summed E-state index contributed by atoms with van der Waals surface area (Å²) in [6.45, 7) is 6.79. The largest absolute Gasteiger partial charge is 0.208 e. The molecule has 1 aliphatic carbocycles. The number of unbranched alkanes of at least 4 members (excludes halogenated alkanes) is 2. The van der Waals surface area contributed by atoms with E-state index < -0.39 is 0 Å². The summed E-state index contributed by atoms with van der Waals surface area (Å²) in [5, 5.41) is 2.63. The molecule has 1 aliphatic rings. The van der Waals surface area contributed by atoms with Gasteiger partial charge in [-0.2, -0.15) is 0 Å². The van der Waals surface area contributed by atoms with Crippen LogP contribution in [0.1, 0.15) is 69.1 Å². The maximum absolute atomic E-state index is 5.37. The number of hydrogen-bond acceptors (Lipinski definition) is 4. The van der Waals surface area contributed by atoms with E-state index in [1.165, 1.54) is 84.8 Å². The van der Waals surface area contributed by atoms with E-state index in [1.807, 2.05) is 11.3 Å². The average molecular weight is 782 g/mol. The molecule has 0 N–H and O–H groups in total. The summed E-state index contributed by atoms with van der Waals surface area (Å²) in [6, 6.07) is 57.4. The van der Waals surface area contributed by atoms with Crippen LogP contribution in [0.5, 0.6) is 0 Å². The highest BCUT2D eigenvalue weighted by Crippen LogP contribution is 2.56. The first-order valence-electron chi connectivity index (χ1n) is 21.2. The van der Waals surface area contributed by atoms with Gasteiger partial charge >= 0.3 is 0 Å². The molecule has 0 radical (unpaired) electrons. The molecule has 0 bridgehead atoms. The summed E-state index contributed by atoms with van der Waals surface area (Å²) in [5.74, 6) is 2.05. The van der Waals surface area contributed by atoms with Gasteiger partial charge in [0.2, 0.25) is 0 Å². The van der Waals surface area contributed by atoms with Crippen molar-refractivity contribution in [3.8, 4) is 67.5 Å². The van der Waals surface area contributed by atoms with Gasteiger partial charge in [0.15, 0.2) is 17.5 Å². The highest BCUT2D eigenvalue weighted by molar-refractivity contribution is 7.26. The number of benzene rings is 7. The molecule has 3 nitrogen and oxygen atoms in total. The highest BCUT2D eigenvalue weighted by atomic mass is 32.1. The van der Waals surface area contributed by atoms with Crippen molar-refractivity contribution in [1.82, 2.24) is 15.0 Å². The standard InChI is InChI=1S/C55H47N3S/c1-4-6-32-55(33-7-5-2)47-24-12-11-20-45(47)50-46(23-15-25-48(50)55)54-57-52(56-53(58-54)41-19-13-18-40(35-41)37-16-9-8-10-17-37)39-29-27-38(28-30-39)42-21-14-22-44-43-31-26-36(3)34-49(43)59-51(42)44/h8-31,34-35H,4-7,32-33H2,1-3H3. The maximum Gasteiger partial charge on any atom is 0.164 e. The summed E-state index contributed by atoms with van der Waals surface area (Å²) >= 11 is 1.88. The van der Waals surface area contributed by atoms with Gasteiger partial charge in [-0.15, -0.1) is 11.3 Å². The fourth-order valence-corrected chi connectivity index (χ4v) is 10.8. The van der Waals surface area contributed by atoms with Crippen molar-refractivity contribution in [2.24, 2.45) is 0 Å². The number of nitrogens with zero attached hydrogens (tertiary/aromatic N) is 3. The lowest BCUT2D eigenvalue weighted by atomic mass is 9.71. The second-order valence-electron chi connectivity index (χ2n) is 16.2. The Morgan fingerprint density at radius 3 is 1.86 bits per heavy atom. The van der Waals surface area contributed by atoms with E-state index in [1.54, 1.807) is 0 Å². The summed E-state index contributed by atoms with van der Waals surface area (Å²) < 4.78 is 2.64. The van der Waals surface area contributed by atoms with E-state index in [0.717, 1.165) is 40.7 Å². The van der Waals surface area contributed by atoms with Gasteiger partial charge in [0.25, 0.3) is 0 Å². The molecule has 0 aliphatic heterocycles. The van der Waals surface area contributed by atoms with Crippen molar-refractivity contribution in [2.45, 2.75) is 64.7 Å². The lowest BCUT2D eigenvalue weighted by Crippen LogP contribution is -2.25. The molecule has 0 amide bonds. The Morgan fingerprint density at radius 2 is 1.07 bits per heavy atom. The molecule has 2 heterocycles. The zero-order valence-corrected chi connectivity index (χ0v) is 34.8. The molecular formula is C55H47N3S. The molecule has 59 heavy (non-hydrogen) atoms. The number of aromatic nitrogens is 3. The monoisotopic (exact) mass is 781 g/mol. The van der Waals surface area contributed by atoms with Crippen LogP contribution in [-0.2, 0) is 5.41 Å². The van der Waals surface area contributed by atoms with E-state index in [-0.39, 0.29) is 5.41 Å². The third-order valence-corrected chi connectivity index (χ3v) is 13.6. The molecule has 288 valence electrons. The zero-order chi connectivity index (χ0) is 39.9. The Balaban J connectivity index is 1.14. The third-order valence-electron chi connectivity index (χ3n) is 12.4. The number of fused-ring (bicyclic) bond motifs is 6. The Bertz CT molecular complexity index is 2970. The molecule has 0 fully saturated rings. The lowest BCUT2D eigenvalue weighted by Gasteiger charge is -2.32. The second kappa shape index (κ2) is 15.5. The first-order chi connectivity index (χ1) is 29.0.